The fraction of sp³-hybridized carbons (Fsp3) is 0.533. The third kappa shape index (κ3) is 5.39. The van der Waals surface area contributed by atoms with Crippen LogP contribution in [-0.2, 0) is 0 Å². The molecule has 4 heteroatoms. The molecule has 104 valence electrons. The molecule has 0 fully saturated rings. The predicted molar refractivity (Wildman–Crippen MR) is 74.5 cm³/mol. The predicted octanol–water partition coefficient (Wildman–Crippen LogP) is 1.59. The van der Waals surface area contributed by atoms with Gasteiger partial charge in [-0.05, 0) is 36.6 Å². The molecule has 0 aliphatic rings. The molecule has 0 aromatic heterocycles. The Kier molecular flexibility index (Phi) is 7.12. The summed E-state index contributed by atoms with van der Waals surface area (Å²) in [6.07, 6.45) is 1.23. The summed E-state index contributed by atoms with van der Waals surface area (Å²) >= 11 is 0. The summed E-state index contributed by atoms with van der Waals surface area (Å²) in [5.74, 6) is 0.443. The number of aliphatic hydroxyl groups is 2. The number of aliphatic hydroxyl groups excluding tert-OH is 2. The van der Waals surface area contributed by atoms with Gasteiger partial charge in [0.05, 0.1) is 17.7 Å². The van der Waals surface area contributed by atoms with Crippen LogP contribution in [-0.4, -0.2) is 29.9 Å². The molecule has 0 aliphatic carbocycles. The van der Waals surface area contributed by atoms with Gasteiger partial charge >= 0.3 is 0 Å². The Balaban J connectivity index is 2.38. The van der Waals surface area contributed by atoms with Crippen molar-refractivity contribution in [3.8, 4) is 6.07 Å². The fourth-order valence-electron chi connectivity index (χ4n) is 1.95. The van der Waals surface area contributed by atoms with Gasteiger partial charge in [-0.3, -0.25) is 0 Å². The van der Waals surface area contributed by atoms with E-state index >= 15 is 0 Å². The molecule has 0 radical (unpaired) electrons. The van der Waals surface area contributed by atoms with Crippen molar-refractivity contribution in [3.63, 3.8) is 0 Å². The third-order valence-corrected chi connectivity index (χ3v) is 3.31. The van der Waals surface area contributed by atoms with E-state index in [1.165, 1.54) is 0 Å². The highest BCUT2D eigenvalue weighted by Gasteiger charge is 2.09. The van der Waals surface area contributed by atoms with E-state index < -0.39 is 6.10 Å². The summed E-state index contributed by atoms with van der Waals surface area (Å²) < 4.78 is 0. The summed E-state index contributed by atoms with van der Waals surface area (Å²) in [6.45, 7) is 3.58. The Hall–Kier alpha value is -1.41. The maximum absolute atomic E-state index is 10.0. The summed E-state index contributed by atoms with van der Waals surface area (Å²) in [4.78, 5) is 0. The van der Waals surface area contributed by atoms with Crippen LogP contribution in [0, 0.1) is 17.2 Å². The third-order valence-electron chi connectivity index (χ3n) is 3.31. The largest absolute Gasteiger partial charge is 0.396 e. The SMILES string of the molecule is CCC(CCO)CNCC(O)c1ccc(C#N)cc1. The lowest BCUT2D eigenvalue weighted by Crippen LogP contribution is -2.27. The molecule has 2 unspecified atom stereocenters. The van der Waals surface area contributed by atoms with E-state index in [2.05, 4.69) is 18.3 Å². The molecule has 0 amide bonds. The van der Waals surface area contributed by atoms with E-state index in [1.54, 1.807) is 24.3 Å². The second-order valence-electron chi connectivity index (χ2n) is 4.69. The lowest BCUT2D eigenvalue weighted by Gasteiger charge is -2.17. The second kappa shape index (κ2) is 8.65. The number of rotatable bonds is 8. The van der Waals surface area contributed by atoms with Gasteiger partial charge in [-0.25, -0.2) is 0 Å². The monoisotopic (exact) mass is 262 g/mol. The molecular formula is C15H22N2O2. The lowest BCUT2D eigenvalue weighted by molar-refractivity contribution is 0.170. The van der Waals surface area contributed by atoms with Gasteiger partial charge in [0, 0.05) is 13.2 Å². The van der Waals surface area contributed by atoms with Crippen LogP contribution in [0.25, 0.3) is 0 Å². The Bertz CT molecular complexity index is 398. The molecule has 1 aromatic carbocycles. The van der Waals surface area contributed by atoms with Crippen molar-refractivity contribution < 1.29 is 10.2 Å². The zero-order valence-corrected chi connectivity index (χ0v) is 11.3. The van der Waals surface area contributed by atoms with Crippen molar-refractivity contribution in [2.45, 2.75) is 25.9 Å². The van der Waals surface area contributed by atoms with Crippen molar-refractivity contribution in [2.75, 3.05) is 19.7 Å². The zero-order valence-electron chi connectivity index (χ0n) is 11.3. The maximum Gasteiger partial charge on any atom is 0.0991 e. The molecule has 4 nitrogen and oxygen atoms in total. The molecule has 0 heterocycles. The maximum atomic E-state index is 10.0. The molecule has 0 spiro atoms. The number of nitrogens with one attached hydrogen (secondary N) is 1. The average molecular weight is 262 g/mol. The molecule has 2 atom stereocenters. The smallest absolute Gasteiger partial charge is 0.0991 e. The van der Waals surface area contributed by atoms with E-state index in [-0.39, 0.29) is 6.61 Å². The Morgan fingerprint density at radius 3 is 2.47 bits per heavy atom. The fourth-order valence-corrected chi connectivity index (χ4v) is 1.95. The van der Waals surface area contributed by atoms with Crippen LogP contribution in [0.4, 0.5) is 0 Å². The highest BCUT2D eigenvalue weighted by atomic mass is 16.3. The summed E-state index contributed by atoms with van der Waals surface area (Å²) in [5.41, 5.74) is 1.40. The molecule has 0 saturated carbocycles. The van der Waals surface area contributed by atoms with E-state index in [0.717, 1.165) is 24.9 Å². The van der Waals surface area contributed by atoms with Crippen LogP contribution >= 0.6 is 0 Å². The highest BCUT2D eigenvalue weighted by Crippen LogP contribution is 2.13. The van der Waals surface area contributed by atoms with Crippen molar-refractivity contribution in [1.29, 1.82) is 5.26 Å². The minimum atomic E-state index is -0.570. The van der Waals surface area contributed by atoms with Crippen LogP contribution in [0.1, 0.15) is 37.0 Å². The number of nitrogens with zero attached hydrogens (tertiary/aromatic N) is 1. The summed E-state index contributed by atoms with van der Waals surface area (Å²) in [7, 11) is 0. The summed E-state index contributed by atoms with van der Waals surface area (Å²) in [5, 5.41) is 30.8. The van der Waals surface area contributed by atoms with Crippen molar-refractivity contribution in [2.24, 2.45) is 5.92 Å². The number of hydrogen-bond acceptors (Lipinski definition) is 4. The molecular weight excluding hydrogens is 240 g/mol. The first-order valence-corrected chi connectivity index (χ1v) is 6.71. The molecule has 1 aromatic rings. The Morgan fingerprint density at radius 2 is 1.95 bits per heavy atom. The van der Waals surface area contributed by atoms with Crippen LogP contribution in [0.5, 0.6) is 0 Å². The molecule has 19 heavy (non-hydrogen) atoms. The van der Waals surface area contributed by atoms with Gasteiger partial charge in [0.15, 0.2) is 0 Å². The van der Waals surface area contributed by atoms with Gasteiger partial charge < -0.3 is 15.5 Å². The molecule has 0 bridgehead atoms. The minimum Gasteiger partial charge on any atom is -0.396 e. The second-order valence-corrected chi connectivity index (χ2v) is 4.69. The minimum absolute atomic E-state index is 0.207. The van der Waals surface area contributed by atoms with E-state index in [1.807, 2.05) is 0 Å². The van der Waals surface area contributed by atoms with E-state index in [4.69, 9.17) is 10.4 Å². The van der Waals surface area contributed by atoms with Gasteiger partial charge in [0.1, 0.15) is 0 Å². The van der Waals surface area contributed by atoms with Gasteiger partial charge in [0.2, 0.25) is 0 Å². The van der Waals surface area contributed by atoms with Crippen LogP contribution < -0.4 is 5.32 Å². The van der Waals surface area contributed by atoms with Crippen molar-refractivity contribution >= 4 is 0 Å². The van der Waals surface area contributed by atoms with E-state index in [0.29, 0.717) is 18.0 Å². The first-order valence-electron chi connectivity index (χ1n) is 6.71. The van der Waals surface area contributed by atoms with E-state index in [9.17, 15) is 5.11 Å². The zero-order chi connectivity index (χ0) is 14.1. The van der Waals surface area contributed by atoms with Gasteiger partial charge in [-0.1, -0.05) is 25.5 Å². The van der Waals surface area contributed by atoms with Crippen LogP contribution in [0.2, 0.25) is 0 Å². The van der Waals surface area contributed by atoms with Gasteiger partial charge in [-0.2, -0.15) is 5.26 Å². The topological polar surface area (TPSA) is 76.3 Å². The highest BCUT2D eigenvalue weighted by molar-refractivity contribution is 5.32. The standard InChI is InChI=1S/C15H22N2O2/c1-2-12(7-8-18)10-17-11-15(19)14-5-3-13(9-16)4-6-14/h3-6,12,15,17-19H,2,7-8,10-11H2,1H3. The number of hydrogen-bond donors (Lipinski definition) is 3. The van der Waals surface area contributed by atoms with Crippen molar-refractivity contribution in [3.05, 3.63) is 35.4 Å². The Labute approximate surface area is 114 Å². The molecule has 0 aliphatic heterocycles. The van der Waals surface area contributed by atoms with Gasteiger partial charge in [0.25, 0.3) is 0 Å². The first-order chi connectivity index (χ1) is 9.21. The Morgan fingerprint density at radius 1 is 1.26 bits per heavy atom. The molecule has 3 N–H and O–H groups in total. The molecule has 1 rings (SSSR count). The summed E-state index contributed by atoms with van der Waals surface area (Å²) in [6, 6.07) is 9.01. The number of nitriles is 1. The van der Waals surface area contributed by atoms with Crippen LogP contribution in [0.3, 0.4) is 0 Å². The van der Waals surface area contributed by atoms with Crippen molar-refractivity contribution in [1.82, 2.24) is 5.32 Å². The normalized spacial score (nSPS) is 13.8. The lowest BCUT2D eigenvalue weighted by atomic mass is 10.0. The number of benzene rings is 1. The average Bonchev–Trinajstić information content (AvgIpc) is 2.46. The molecule has 0 saturated heterocycles. The quantitative estimate of drug-likeness (QED) is 0.665. The van der Waals surface area contributed by atoms with Gasteiger partial charge in [-0.15, -0.1) is 0 Å². The first kappa shape index (κ1) is 15.6. The van der Waals surface area contributed by atoms with Crippen LogP contribution in [0.15, 0.2) is 24.3 Å².